The van der Waals surface area contributed by atoms with E-state index in [0.717, 1.165) is 41.5 Å². The Morgan fingerprint density at radius 1 is 0.192 bits per heavy atom. The molecule has 0 fully saturated rings. The predicted molar refractivity (Wildman–Crippen MR) is 455 cm³/mol. The van der Waals surface area contributed by atoms with E-state index in [0.29, 0.717) is 0 Å². The summed E-state index contributed by atoms with van der Waals surface area (Å²) in [5, 5.41) is 89.7. The summed E-state index contributed by atoms with van der Waals surface area (Å²) in [5.41, 5.74) is -21.0. The second-order valence-corrected chi connectivity index (χ2v) is 35.4. The molecule has 0 saturated carbocycles. The van der Waals surface area contributed by atoms with Gasteiger partial charge in [0.1, 0.15) is 155 Å². The minimum Gasteiger partial charge on any atom is -0.462 e. The van der Waals surface area contributed by atoms with Crippen LogP contribution in [0.15, 0.2) is 97.2 Å². The van der Waals surface area contributed by atoms with Crippen molar-refractivity contribution >= 4 is 95.5 Å². The summed E-state index contributed by atoms with van der Waals surface area (Å²) >= 11 is 0. The van der Waals surface area contributed by atoms with Gasteiger partial charge >= 0.3 is 95.5 Å². The Hall–Kier alpha value is -10.9. The van der Waals surface area contributed by atoms with Gasteiger partial charge in [-0.25, -0.2) is 38.4 Å². The summed E-state index contributed by atoms with van der Waals surface area (Å²) in [4.78, 5) is 225. The van der Waals surface area contributed by atoms with Crippen molar-refractivity contribution in [2.45, 2.75) is 225 Å². The first kappa shape index (κ1) is 119. The van der Waals surface area contributed by atoms with E-state index in [4.69, 9.17) is 75.8 Å². The van der Waals surface area contributed by atoms with Gasteiger partial charge < -0.3 is 117 Å². The van der Waals surface area contributed by atoms with Crippen molar-refractivity contribution in [1.29, 1.82) is 0 Å². The quantitative estimate of drug-likeness (QED) is 0.0238. The highest BCUT2D eigenvalue weighted by molar-refractivity contribution is 5.92. The highest BCUT2D eigenvalue weighted by Gasteiger charge is 2.60. The maximum absolute atomic E-state index is 16.2. The molecule has 0 bridgehead atoms. The number of aliphatic hydroxyl groups excluding tert-OH is 8. The van der Waals surface area contributed by atoms with Crippen molar-refractivity contribution in [3.05, 3.63) is 97.2 Å². The largest absolute Gasteiger partial charge is 0.462 e. The van der Waals surface area contributed by atoms with Crippen molar-refractivity contribution in [3.63, 3.8) is 0 Å². The van der Waals surface area contributed by atoms with Crippen LogP contribution in [0.2, 0.25) is 0 Å². The highest BCUT2D eigenvalue weighted by atomic mass is 16.6. The monoisotopic (exact) mass is 1850 g/mol. The number of rotatable bonds is 63. The normalized spacial score (nSPS) is 16.4. The average Bonchev–Trinajstić information content (AvgIpc) is 0.749. The highest BCUT2D eigenvalue weighted by Crippen LogP contribution is 2.56. The van der Waals surface area contributed by atoms with Crippen molar-refractivity contribution < 1.29 is 193 Å². The maximum atomic E-state index is 16.2. The molecule has 8 N–H and O–H groups in total. The van der Waals surface area contributed by atoms with E-state index in [1.165, 1.54) is 83.1 Å². The molecule has 734 valence electrons. The molecule has 0 aliphatic rings. The molecular weight excluding hydrogens is 1720 g/mol. The molecule has 0 aliphatic carbocycles. The summed E-state index contributed by atoms with van der Waals surface area (Å²) in [6.45, 7) is 34.4. The van der Waals surface area contributed by atoms with Crippen molar-refractivity contribution in [2.75, 3.05) is 106 Å². The van der Waals surface area contributed by atoms with Crippen LogP contribution in [-0.2, 0) is 153 Å². The van der Waals surface area contributed by atoms with Crippen molar-refractivity contribution in [1.82, 2.24) is 0 Å². The summed E-state index contributed by atoms with van der Waals surface area (Å²) in [6.07, 6.45) is -22.8. The molecule has 40 nitrogen and oxygen atoms in total. The van der Waals surface area contributed by atoms with Crippen LogP contribution in [0.4, 0.5) is 0 Å². The third-order valence-corrected chi connectivity index (χ3v) is 19.6. The van der Waals surface area contributed by atoms with Gasteiger partial charge in [0.05, 0.1) is 43.3 Å². The van der Waals surface area contributed by atoms with Gasteiger partial charge in [0.25, 0.3) is 0 Å². The Morgan fingerprint density at radius 2 is 0.300 bits per heavy atom. The molecule has 0 spiro atoms. The van der Waals surface area contributed by atoms with Gasteiger partial charge in [-0.2, -0.15) is 0 Å². The zero-order valence-electron chi connectivity index (χ0n) is 77.9. The van der Waals surface area contributed by atoms with Crippen LogP contribution in [0, 0.1) is 43.3 Å². The van der Waals surface area contributed by atoms with Gasteiger partial charge in [-0.05, 0) is 169 Å². The molecule has 0 radical (unpaired) electrons. The number of ether oxygens (including phenoxy) is 16. The molecule has 15 atom stereocenters. The van der Waals surface area contributed by atoms with Gasteiger partial charge in [0.2, 0.25) is 0 Å². The smallest absolute Gasteiger partial charge is 0.333 e. The summed E-state index contributed by atoms with van der Waals surface area (Å²) < 4.78 is 86.7. The van der Waals surface area contributed by atoms with E-state index < -0.39 is 338 Å². The number of hydrogen-bond acceptors (Lipinski definition) is 40. The van der Waals surface area contributed by atoms with Crippen molar-refractivity contribution in [2.24, 2.45) is 43.3 Å². The Balaban J connectivity index is 10.5. The van der Waals surface area contributed by atoms with Gasteiger partial charge in [-0.15, -0.1) is 0 Å². The third-order valence-electron chi connectivity index (χ3n) is 19.6. The Morgan fingerprint density at radius 3 is 0.431 bits per heavy atom. The van der Waals surface area contributed by atoms with E-state index in [1.807, 2.05) is 0 Å². The molecule has 0 saturated heterocycles. The van der Waals surface area contributed by atoms with Gasteiger partial charge in [-0.1, -0.05) is 59.6 Å². The lowest BCUT2D eigenvalue weighted by atomic mass is 9.56. The SMILES string of the molecule is C=C(C)C(=O)OCC(O)COC(=O)C(C)(C)CC(C)(CC(C)(CC(C)(CC(C)(CC(C)(CC(C)(CC(C)(CC)C(=O)OCC(O)COC(=O)C(=C)C)C(=O)OCC(O)COC(=O)C(=C)C)C(=O)OCC(O)COC(=O)C(=C)C)C(=O)OCC(O)COC(=O)C(=C)C)C(=O)OCC(O)COC(=O)C(=C)C)C(=O)OCC(O)COC(=O)C(=C)C)C(=O)OCC(O)COC(=O)C(=C)C. The fraction of sp³-hybridized carbons (Fsp3) is 0.644. The molecule has 130 heavy (non-hydrogen) atoms. The minimum absolute atomic E-state index is 0.0599. The van der Waals surface area contributed by atoms with Crippen molar-refractivity contribution in [3.8, 4) is 0 Å². The van der Waals surface area contributed by atoms with E-state index in [1.54, 1.807) is 0 Å². The number of carbonyl (C=O) groups is 16. The predicted octanol–water partition coefficient (Wildman–Crippen LogP) is 4.38. The Labute approximate surface area is 756 Å². The molecule has 0 aliphatic heterocycles. The maximum Gasteiger partial charge on any atom is 0.333 e. The van der Waals surface area contributed by atoms with Crippen LogP contribution in [0.25, 0.3) is 0 Å². The first-order chi connectivity index (χ1) is 59.6. The molecule has 0 rings (SSSR count). The summed E-state index contributed by atoms with van der Waals surface area (Å²) in [6, 6.07) is 0. The third kappa shape index (κ3) is 41.9. The standard InChI is InChI=1S/C90H134O40/c1-27-84(20,76(108)124-37-60(92)29-116-68(100)52(4)5)45-86(22,78(110)126-39-62(94)31-118-70(102)54(8)9)47-88(24,80(112)128-41-64(96)33-120-72(104)56(12)13)49-90(26,82(114)130-43-66(98)35-122-74(106)58(16)17)50-89(25,81(113)129-42-65(97)34-121-73(105)57(14)15)48-87(23,79(111)127-40-63(95)32-119-71(103)55(10)11)46-85(21,77(109)125-38-61(93)30-117-69(101)53(6)7)44-83(18,19)75(107)123-36-59(91)28-115-67(99)51(2)3/h59-66,91-98H,2,4,6,8,10,12,14,16,27-50H2,1,3,5,7,9,11,13,15,17-26H3. The first-order valence-electron chi connectivity index (χ1n) is 41.1. The van der Waals surface area contributed by atoms with Crippen LogP contribution in [0.5, 0.6) is 0 Å². The van der Waals surface area contributed by atoms with Crippen LogP contribution in [0.1, 0.15) is 176 Å². The zero-order chi connectivity index (χ0) is 101. The van der Waals surface area contributed by atoms with Crippen LogP contribution in [-0.4, -0.2) is 291 Å². The molecule has 0 heterocycles. The zero-order valence-corrected chi connectivity index (χ0v) is 77.9. The van der Waals surface area contributed by atoms with E-state index >= 15 is 28.8 Å². The van der Waals surface area contributed by atoms with E-state index in [2.05, 4.69) is 52.6 Å². The first-order valence-corrected chi connectivity index (χ1v) is 41.1. The minimum atomic E-state index is -2.80. The Kier molecular flexibility index (Phi) is 49.5. The van der Waals surface area contributed by atoms with Crippen LogP contribution in [0.3, 0.4) is 0 Å². The molecule has 15 unspecified atom stereocenters. The summed E-state index contributed by atoms with van der Waals surface area (Å²) in [7, 11) is 0. The second-order valence-electron chi connectivity index (χ2n) is 35.4. The van der Waals surface area contributed by atoms with Gasteiger partial charge in [0.15, 0.2) is 0 Å². The van der Waals surface area contributed by atoms with Gasteiger partial charge in [0, 0.05) is 44.6 Å². The number of esters is 16. The molecule has 0 aromatic heterocycles. The lowest BCUT2D eigenvalue weighted by Crippen LogP contribution is -2.51. The molecule has 0 amide bonds. The molecule has 40 heteroatoms. The van der Waals surface area contributed by atoms with E-state index in [9.17, 15) is 88.8 Å². The summed E-state index contributed by atoms with van der Waals surface area (Å²) in [5.74, 6) is -19.4. The van der Waals surface area contributed by atoms with Gasteiger partial charge in [-0.3, -0.25) is 38.4 Å². The van der Waals surface area contributed by atoms with E-state index in [-0.39, 0.29) is 51.0 Å². The fourth-order valence-electron chi connectivity index (χ4n) is 13.3. The molecule has 0 aromatic rings. The average molecular weight is 1860 g/mol. The number of aliphatic hydroxyl groups is 8. The van der Waals surface area contributed by atoms with Crippen LogP contribution >= 0.6 is 0 Å². The Bertz CT molecular complexity index is 4110. The van der Waals surface area contributed by atoms with Crippen LogP contribution < -0.4 is 0 Å². The fourth-order valence-corrected chi connectivity index (χ4v) is 13.3. The molecule has 0 aromatic carbocycles. The number of hydrogen-bond donors (Lipinski definition) is 8. The lowest BCUT2D eigenvalue weighted by Gasteiger charge is -2.46. The molecular formula is C90H134O40. The lowest BCUT2D eigenvalue weighted by molar-refractivity contribution is -0.180. The second kappa shape index (κ2) is 54.1. The number of carbonyl (C=O) groups excluding carboxylic acids is 16. The topological polar surface area (TPSA) is 583 Å².